The molecular formula is C53H33N5S. The lowest BCUT2D eigenvalue weighted by atomic mass is 9.91. The van der Waals surface area contributed by atoms with E-state index in [2.05, 4.69) is 103 Å². The predicted molar refractivity (Wildman–Crippen MR) is 244 cm³/mol. The van der Waals surface area contributed by atoms with Gasteiger partial charge in [-0.05, 0) is 40.6 Å². The summed E-state index contributed by atoms with van der Waals surface area (Å²) in [5.74, 6) is 2.59. The van der Waals surface area contributed by atoms with Crippen LogP contribution in [-0.2, 0) is 0 Å². The summed E-state index contributed by atoms with van der Waals surface area (Å²) in [5.41, 5.74) is 9.87. The lowest BCUT2D eigenvalue weighted by Gasteiger charge is -2.15. The minimum Gasteiger partial charge on any atom is -0.228 e. The molecule has 8 aromatic carbocycles. The molecule has 3 heterocycles. The Morgan fingerprint density at radius 1 is 0.271 bits per heavy atom. The van der Waals surface area contributed by atoms with Gasteiger partial charge in [-0.3, -0.25) is 0 Å². The maximum atomic E-state index is 5.22. The largest absolute Gasteiger partial charge is 0.228 e. The molecule has 3 aromatic heterocycles. The lowest BCUT2D eigenvalue weighted by Crippen LogP contribution is -2.00. The highest BCUT2D eigenvalue weighted by Gasteiger charge is 2.20. The van der Waals surface area contributed by atoms with Gasteiger partial charge in [0.05, 0.1) is 11.4 Å². The van der Waals surface area contributed by atoms with E-state index in [9.17, 15) is 0 Å². The minimum atomic E-state index is 0.625. The molecule has 0 aliphatic carbocycles. The number of hydrogen-bond acceptors (Lipinski definition) is 6. The number of fused-ring (bicyclic) bond motifs is 4. The Hall–Kier alpha value is -7.67. The van der Waals surface area contributed by atoms with Gasteiger partial charge in [-0.15, -0.1) is 11.3 Å². The Labute approximate surface area is 345 Å². The molecule has 5 nitrogen and oxygen atoms in total. The van der Waals surface area contributed by atoms with Crippen LogP contribution in [0.2, 0.25) is 0 Å². The van der Waals surface area contributed by atoms with Crippen molar-refractivity contribution in [2.24, 2.45) is 0 Å². The molecule has 0 spiro atoms. The number of nitrogens with zero attached hydrogens (tertiary/aromatic N) is 5. The van der Waals surface area contributed by atoms with Gasteiger partial charge in [0, 0.05) is 59.1 Å². The SMILES string of the molecule is c1ccc(-c2cc(-c3ccc(-c4cc(-c5nc(-c6ccccc6)nc(-c6ccccc6)n5)cc5c4sc4ccccc45)c4ccccc34)nc(-c3ccccc3)n2)cc1. The van der Waals surface area contributed by atoms with Crippen molar-refractivity contribution in [1.29, 1.82) is 0 Å². The van der Waals surface area contributed by atoms with Crippen LogP contribution in [0.25, 0.3) is 110 Å². The number of benzene rings is 8. The molecular weight excluding hydrogens is 739 g/mol. The van der Waals surface area contributed by atoms with Gasteiger partial charge in [0.25, 0.3) is 0 Å². The average Bonchev–Trinajstić information content (AvgIpc) is 3.70. The second-order valence-electron chi connectivity index (χ2n) is 14.4. The van der Waals surface area contributed by atoms with Crippen LogP contribution in [0, 0.1) is 0 Å². The van der Waals surface area contributed by atoms with Crippen LogP contribution in [0.3, 0.4) is 0 Å². The van der Waals surface area contributed by atoms with Gasteiger partial charge < -0.3 is 0 Å². The van der Waals surface area contributed by atoms with Crippen molar-refractivity contribution in [3.8, 4) is 79.2 Å². The minimum absolute atomic E-state index is 0.625. The molecule has 0 aliphatic rings. The Bertz CT molecular complexity index is 3200. The van der Waals surface area contributed by atoms with E-state index in [1.54, 1.807) is 0 Å². The van der Waals surface area contributed by atoms with Gasteiger partial charge in [0.2, 0.25) is 0 Å². The summed E-state index contributed by atoms with van der Waals surface area (Å²) in [6.45, 7) is 0. The van der Waals surface area contributed by atoms with E-state index in [0.717, 1.165) is 66.7 Å². The van der Waals surface area contributed by atoms with Crippen LogP contribution in [0.1, 0.15) is 0 Å². The average molecular weight is 772 g/mol. The molecule has 59 heavy (non-hydrogen) atoms. The Kier molecular flexibility index (Phi) is 8.60. The second-order valence-corrected chi connectivity index (χ2v) is 15.5. The highest BCUT2D eigenvalue weighted by Crippen LogP contribution is 2.45. The molecule has 0 N–H and O–H groups in total. The van der Waals surface area contributed by atoms with E-state index in [4.69, 9.17) is 24.9 Å². The van der Waals surface area contributed by atoms with Crippen molar-refractivity contribution in [3.05, 3.63) is 200 Å². The first-order valence-corrected chi connectivity index (χ1v) is 20.4. The third kappa shape index (κ3) is 6.42. The normalized spacial score (nSPS) is 11.4. The summed E-state index contributed by atoms with van der Waals surface area (Å²) in [7, 11) is 0. The van der Waals surface area contributed by atoms with Crippen molar-refractivity contribution < 1.29 is 0 Å². The van der Waals surface area contributed by atoms with Crippen molar-refractivity contribution in [2.45, 2.75) is 0 Å². The number of thiophene rings is 1. The van der Waals surface area contributed by atoms with Gasteiger partial charge in [-0.1, -0.05) is 176 Å². The van der Waals surface area contributed by atoms with E-state index in [-0.39, 0.29) is 0 Å². The second kappa shape index (κ2) is 14.7. The monoisotopic (exact) mass is 771 g/mol. The van der Waals surface area contributed by atoms with Gasteiger partial charge >= 0.3 is 0 Å². The lowest BCUT2D eigenvalue weighted by molar-refractivity contribution is 1.07. The molecule has 276 valence electrons. The van der Waals surface area contributed by atoms with E-state index in [1.165, 1.54) is 20.2 Å². The molecule has 6 heteroatoms. The Morgan fingerprint density at radius 3 is 1.31 bits per heavy atom. The maximum absolute atomic E-state index is 5.22. The van der Waals surface area contributed by atoms with Crippen LogP contribution in [-0.4, -0.2) is 24.9 Å². The summed E-state index contributed by atoms with van der Waals surface area (Å²) >= 11 is 1.82. The molecule has 0 aliphatic heterocycles. The molecule has 11 rings (SSSR count). The Morgan fingerprint density at radius 2 is 0.712 bits per heavy atom. The first-order chi connectivity index (χ1) is 29.2. The molecule has 0 amide bonds. The molecule has 0 unspecified atom stereocenters. The smallest absolute Gasteiger partial charge is 0.164 e. The van der Waals surface area contributed by atoms with Crippen LogP contribution in [0.5, 0.6) is 0 Å². The Balaban J connectivity index is 1.14. The predicted octanol–water partition coefficient (Wildman–Crippen LogP) is 13.9. The molecule has 0 atom stereocenters. The number of hydrogen-bond donors (Lipinski definition) is 0. The fourth-order valence-electron chi connectivity index (χ4n) is 7.91. The zero-order chi connectivity index (χ0) is 39.1. The summed E-state index contributed by atoms with van der Waals surface area (Å²) < 4.78 is 2.45. The van der Waals surface area contributed by atoms with E-state index < -0.39 is 0 Å². The third-order valence-corrected chi connectivity index (χ3v) is 12.0. The summed E-state index contributed by atoms with van der Waals surface area (Å²) in [6.07, 6.45) is 0. The first kappa shape index (κ1) is 34.6. The third-order valence-electron chi connectivity index (χ3n) is 10.8. The van der Waals surface area contributed by atoms with Crippen LogP contribution in [0.4, 0.5) is 0 Å². The van der Waals surface area contributed by atoms with Gasteiger partial charge in [-0.25, -0.2) is 24.9 Å². The van der Waals surface area contributed by atoms with Crippen LogP contribution >= 0.6 is 11.3 Å². The quantitative estimate of drug-likeness (QED) is 0.161. The molecule has 0 bridgehead atoms. The van der Waals surface area contributed by atoms with Crippen LogP contribution < -0.4 is 0 Å². The fourth-order valence-corrected chi connectivity index (χ4v) is 9.12. The zero-order valence-corrected chi connectivity index (χ0v) is 32.5. The molecule has 0 fully saturated rings. The fraction of sp³-hybridized carbons (Fsp3) is 0. The van der Waals surface area contributed by atoms with Crippen molar-refractivity contribution in [3.63, 3.8) is 0 Å². The van der Waals surface area contributed by atoms with E-state index in [1.807, 2.05) is 108 Å². The van der Waals surface area contributed by atoms with E-state index >= 15 is 0 Å². The number of aromatic nitrogens is 5. The van der Waals surface area contributed by atoms with Gasteiger partial charge in [0.15, 0.2) is 23.3 Å². The number of rotatable bonds is 7. The summed E-state index contributed by atoms with van der Waals surface area (Å²) in [4.78, 5) is 25.6. The maximum Gasteiger partial charge on any atom is 0.164 e. The van der Waals surface area contributed by atoms with Gasteiger partial charge in [0.1, 0.15) is 0 Å². The highest BCUT2D eigenvalue weighted by molar-refractivity contribution is 7.26. The molecule has 0 saturated carbocycles. The zero-order valence-electron chi connectivity index (χ0n) is 31.7. The standard InChI is InChI=1S/C53H33N5S/c1-5-17-34(18-6-1)46-33-47(55-50(54-46)35-19-7-2-8-20-35)42-30-29-41(39-25-13-14-26-40(39)42)44-31-38(32-45-43-27-15-16-28-48(43)59-49(44)45)53-57-51(36-21-9-3-10-22-36)56-52(58-53)37-23-11-4-12-24-37/h1-33H. The van der Waals surface area contributed by atoms with Crippen LogP contribution in [0.15, 0.2) is 200 Å². The molecule has 0 saturated heterocycles. The van der Waals surface area contributed by atoms with Gasteiger partial charge in [-0.2, -0.15) is 0 Å². The molecule has 11 aromatic rings. The summed E-state index contributed by atoms with van der Waals surface area (Å²) in [5, 5.41) is 4.62. The van der Waals surface area contributed by atoms with Crippen molar-refractivity contribution in [1.82, 2.24) is 24.9 Å². The first-order valence-electron chi connectivity index (χ1n) is 19.6. The molecule has 0 radical (unpaired) electrons. The summed E-state index contributed by atoms with van der Waals surface area (Å²) in [6, 6.07) is 69.2. The topological polar surface area (TPSA) is 64.5 Å². The highest BCUT2D eigenvalue weighted by atomic mass is 32.1. The van der Waals surface area contributed by atoms with Crippen molar-refractivity contribution >= 4 is 42.3 Å². The van der Waals surface area contributed by atoms with Crippen molar-refractivity contribution in [2.75, 3.05) is 0 Å². The van der Waals surface area contributed by atoms with E-state index in [0.29, 0.717) is 23.3 Å².